The van der Waals surface area contributed by atoms with Crippen LogP contribution in [0.1, 0.15) is 35.7 Å². The highest BCUT2D eigenvalue weighted by molar-refractivity contribution is 6.02. The second-order valence-electron chi connectivity index (χ2n) is 7.69. The third kappa shape index (κ3) is 5.12. The maximum Gasteiger partial charge on any atom is 0.268 e. The molecule has 168 valence electrons. The zero-order chi connectivity index (χ0) is 23.2. The number of hydrogen-bond acceptors (Lipinski definition) is 7. The molecule has 0 bridgehead atoms. The maximum atomic E-state index is 12.7. The summed E-state index contributed by atoms with van der Waals surface area (Å²) in [4.78, 5) is 23.3. The third-order valence-corrected chi connectivity index (χ3v) is 5.46. The van der Waals surface area contributed by atoms with E-state index < -0.39 is 0 Å². The minimum absolute atomic E-state index is 0.0456. The van der Waals surface area contributed by atoms with Gasteiger partial charge < -0.3 is 14.6 Å². The molecule has 8 nitrogen and oxygen atoms in total. The summed E-state index contributed by atoms with van der Waals surface area (Å²) in [5.41, 5.74) is 4.13. The summed E-state index contributed by atoms with van der Waals surface area (Å²) in [6.07, 6.45) is 0. The lowest BCUT2D eigenvalue weighted by Crippen LogP contribution is -2.46. The molecule has 0 unspecified atom stereocenters. The van der Waals surface area contributed by atoms with Crippen LogP contribution in [0.2, 0.25) is 0 Å². The van der Waals surface area contributed by atoms with Crippen molar-refractivity contribution in [3.8, 4) is 11.5 Å². The molecule has 0 saturated carbocycles. The topological polar surface area (TPSA) is 96.0 Å². The van der Waals surface area contributed by atoms with Crippen molar-refractivity contribution in [1.82, 2.24) is 20.4 Å². The van der Waals surface area contributed by atoms with Crippen LogP contribution in [0.25, 0.3) is 17.2 Å². The summed E-state index contributed by atoms with van der Waals surface area (Å²) in [5.74, 6) is 0.719. The highest BCUT2D eigenvalue weighted by Gasteiger charge is 2.18. The highest BCUT2D eigenvalue weighted by atomic mass is 16.4. The fraction of sp³-hybridized carbons (Fsp3) is 0.240. The summed E-state index contributed by atoms with van der Waals surface area (Å²) < 4.78 is 5.88. The predicted octanol–water partition coefficient (Wildman–Crippen LogP) is 3.68. The molecule has 1 aliphatic heterocycles. The third-order valence-electron chi connectivity index (χ3n) is 5.46. The van der Waals surface area contributed by atoms with Crippen molar-refractivity contribution in [2.24, 2.45) is 9.98 Å². The van der Waals surface area contributed by atoms with Gasteiger partial charge in [0.05, 0.1) is 5.70 Å². The number of amides is 1. The Bertz CT molecular complexity index is 1190. The number of allylic oxidation sites excluding steroid dienone is 1. The van der Waals surface area contributed by atoms with Crippen molar-refractivity contribution >= 4 is 24.0 Å². The number of carbonyl (C=O) groups is 1. The molecule has 1 saturated heterocycles. The monoisotopic (exact) mass is 442 g/mol. The zero-order valence-electron chi connectivity index (χ0n) is 18.8. The Balaban J connectivity index is 1.58. The van der Waals surface area contributed by atoms with E-state index in [0.717, 1.165) is 43.0 Å². The van der Waals surface area contributed by atoms with E-state index in [0.29, 0.717) is 22.8 Å². The SMILES string of the molecule is C=N/C(C)=C(\N=C(C)c1ccc(C(=O)N2CCNCC2)cc1)c1nnc(-c2ccccc2)o1. The molecule has 1 amide bonds. The first-order chi connectivity index (χ1) is 16.1. The molecule has 0 radical (unpaired) electrons. The Morgan fingerprint density at radius 2 is 1.67 bits per heavy atom. The number of aliphatic imine (C=N–C) groups is 2. The van der Waals surface area contributed by atoms with Gasteiger partial charge in [-0.25, -0.2) is 4.99 Å². The van der Waals surface area contributed by atoms with Crippen LogP contribution in [0.5, 0.6) is 0 Å². The van der Waals surface area contributed by atoms with E-state index in [4.69, 9.17) is 9.41 Å². The van der Waals surface area contributed by atoms with Crippen LogP contribution in [0.15, 0.2) is 74.7 Å². The van der Waals surface area contributed by atoms with Crippen LogP contribution in [-0.4, -0.2) is 59.6 Å². The number of aromatic nitrogens is 2. The standard InChI is InChI=1S/C25H26N6O2/c1-17(19-9-11-21(12-10-19)25(32)31-15-13-27-14-16-31)28-22(18(2)26-3)24-30-29-23(33-24)20-7-5-4-6-8-20/h4-12,27H,3,13-16H2,1-2H3/b22-18-,28-17?. The second-order valence-corrected chi connectivity index (χ2v) is 7.69. The first-order valence-corrected chi connectivity index (χ1v) is 10.8. The Hall–Kier alpha value is -3.91. The summed E-state index contributed by atoms with van der Waals surface area (Å²) in [5, 5.41) is 11.6. The Kier molecular flexibility index (Phi) is 6.85. The molecule has 3 aromatic rings. The molecule has 8 heteroatoms. The van der Waals surface area contributed by atoms with Gasteiger partial charge in [-0.3, -0.25) is 9.79 Å². The maximum absolute atomic E-state index is 12.7. The molecule has 1 fully saturated rings. The molecule has 0 aliphatic carbocycles. The lowest BCUT2D eigenvalue weighted by Gasteiger charge is -2.27. The van der Waals surface area contributed by atoms with Gasteiger partial charge in [-0.05, 0) is 50.4 Å². The van der Waals surface area contributed by atoms with E-state index in [2.05, 4.69) is 27.2 Å². The smallest absolute Gasteiger partial charge is 0.268 e. The molecule has 4 rings (SSSR count). The number of hydrogen-bond donors (Lipinski definition) is 1. The van der Waals surface area contributed by atoms with Crippen LogP contribution in [0.3, 0.4) is 0 Å². The predicted molar refractivity (Wildman–Crippen MR) is 129 cm³/mol. The Labute approximate surface area is 192 Å². The fourth-order valence-corrected chi connectivity index (χ4v) is 3.51. The summed E-state index contributed by atoms with van der Waals surface area (Å²) in [6.45, 7) is 10.4. The van der Waals surface area contributed by atoms with Gasteiger partial charge in [0.1, 0.15) is 5.70 Å². The van der Waals surface area contributed by atoms with E-state index in [1.165, 1.54) is 0 Å². The first-order valence-electron chi connectivity index (χ1n) is 10.8. The largest absolute Gasteiger partial charge is 0.415 e. The molecule has 1 N–H and O–H groups in total. The quantitative estimate of drug-likeness (QED) is 0.588. The van der Waals surface area contributed by atoms with Crippen molar-refractivity contribution < 1.29 is 9.21 Å². The number of rotatable bonds is 6. The van der Waals surface area contributed by atoms with Crippen LogP contribution in [0, 0.1) is 0 Å². The Morgan fingerprint density at radius 1 is 1.00 bits per heavy atom. The number of nitrogens with zero attached hydrogens (tertiary/aromatic N) is 5. The first kappa shape index (κ1) is 22.3. The summed E-state index contributed by atoms with van der Waals surface area (Å²) in [6, 6.07) is 17.0. The average Bonchev–Trinajstić information content (AvgIpc) is 3.37. The van der Waals surface area contributed by atoms with Crippen molar-refractivity contribution in [1.29, 1.82) is 0 Å². The lowest BCUT2D eigenvalue weighted by atomic mass is 10.1. The number of piperazine rings is 1. The second kappa shape index (κ2) is 10.1. The molecular formula is C25H26N6O2. The van der Waals surface area contributed by atoms with Gasteiger partial charge in [-0.15, -0.1) is 10.2 Å². The van der Waals surface area contributed by atoms with Gasteiger partial charge in [0.15, 0.2) is 0 Å². The minimum Gasteiger partial charge on any atom is -0.415 e. The van der Waals surface area contributed by atoms with E-state index >= 15 is 0 Å². The van der Waals surface area contributed by atoms with Crippen molar-refractivity contribution in [3.63, 3.8) is 0 Å². The highest BCUT2D eigenvalue weighted by Crippen LogP contribution is 2.25. The van der Waals surface area contributed by atoms with Crippen molar-refractivity contribution in [3.05, 3.63) is 77.3 Å². The zero-order valence-corrected chi connectivity index (χ0v) is 18.8. The van der Waals surface area contributed by atoms with Crippen LogP contribution in [-0.2, 0) is 0 Å². The molecule has 0 spiro atoms. The van der Waals surface area contributed by atoms with Crippen LogP contribution in [0.4, 0.5) is 0 Å². The number of nitrogens with one attached hydrogen (secondary N) is 1. The van der Waals surface area contributed by atoms with Gasteiger partial charge in [0.2, 0.25) is 5.89 Å². The molecular weight excluding hydrogens is 416 g/mol. The van der Waals surface area contributed by atoms with E-state index in [-0.39, 0.29) is 11.8 Å². The number of carbonyl (C=O) groups excluding carboxylic acids is 1. The molecule has 2 aromatic carbocycles. The molecule has 2 heterocycles. The fourth-order valence-electron chi connectivity index (χ4n) is 3.51. The van der Waals surface area contributed by atoms with Gasteiger partial charge in [0, 0.05) is 43.0 Å². The molecule has 0 atom stereocenters. The summed E-state index contributed by atoms with van der Waals surface area (Å²) in [7, 11) is 0. The molecule has 1 aromatic heterocycles. The molecule has 33 heavy (non-hydrogen) atoms. The van der Waals surface area contributed by atoms with Crippen LogP contribution < -0.4 is 5.32 Å². The van der Waals surface area contributed by atoms with Gasteiger partial charge in [-0.1, -0.05) is 30.3 Å². The number of benzene rings is 2. The molecule has 1 aliphatic rings. The van der Waals surface area contributed by atoms with Crippen molar-refractivity contribution in [2.75, 3.05) is 26.2 Å². The normalized spacial score (nSPS) is 15.2. The summed E-state index contributed by atoms with van der Waals surface area (Å²) >= 11 is 0. The van der Waals surface area contributed by atoms with Crippen LogP contribution >= 0.6 is 0 Å². The van der Waals surface area contributed by atoms with E-state index in [1.807, 2.05) is 66.4 Å². The van der Waals surface area contributed by atoms with Gasteiger partial charge >= 0.3 is 0 Å². The van der Waals surface area contributed by atoms with E-state index in [1.54, 1.807) is 6.92 Å². The van der Waals surface area contributed by atoms with Gasteiger partial charge in [0.25, 0.3) is 11.8 Å². The minimum atomic E-state index is 0.0456. The van der Waals surface area contributed by atoms with Crippen molar-refractivity contribution in [2.45, 2.75) is 13.8 Å². The average molecular weight is 443 g/mol. The Morgan fingerprint density at radius 3 is 2.33 bits per heavy atom. The van der Waals surface area contributed by atoms with E-state index in [9.17, 15) is 4.79 Å². The lowest BCUT2D eigenvalue weighted by molar-refractivity contribution is 0.0736. The van der Waals surface area contributed by atoms with Gasteiger partial charge in [-0.2, -0.15) is 0 Å².